The highest BCUT2D eigenvalue weighted by atomic mass is 14.3. The summed E-state index contributed by atoms with van der Waals surface area (Å²) in [5, 5.41) is 10.4. The molecule has 0 heterocycles. The molecule has 0 atom stereocenters. The average Bonchev–Trinajstić information content (AvgIpc) is 3.24. The van der Waals surface area contributed by atoms with Crippen LogP contribution in [0, 0.1) is 27.7 Å². The predicted molar refractivity (Wildman–Crippen MR) is 243 cm³/mol. The fourth-order valence-electron chi connectivity index (χ4n) is 9.95. The smallest absolute Gasteiger partial charge is 0.00138 e. The van der Waals surface area contributed by atoms with Crippen molar-refractivity contribution in [2.24, 2.45) is 0 Å². The van der Waals surface area contributed by atoms with Crippen molar-refractivity contribution in [2.45, 2.75) is 65.7 Å². The van der Waals surface area contributed by atoms with Crippen LogP contribution < -0.4 is 0 Å². The zero-order chi connectivity index (χ0) is 37.9. The highest BCUT2D eigenvalue weighted by molar-refractivity contribution is 6.30. The summed E-state index contributed by atoms with van der Waals surface area (Å²) in [5.41, 5.74) is 17.1. The number of benzene rings is 9. The molecule has 0 saturated heterocycles. The van der Waals surface area contributed by atoms with Gasteiger partial charge in [0.1, 0.15) is 0 Å². The second-order valence-corrected chi connectivity index (χ2v) is 16.4. The Labute approximate surface area is 331 Å². The molecule has 0 nitrogen and oxygen atoms in total. The molecule has 0 spiro atoms. The minimum absolute atomic E-state index is 0.690. The van der Waals surface area contributed by atoms with Crippen LogP contribution in [0.15, 0.2) is 152 Å². The molecule has 9 aromatic rings. The lowest BCUT2D eigenvalue weighted by Crippen LogP contribution is -2.04. The number of fused-ring (bicyclic) bond motifs is 4. The fraction of sp³-hybridized carbons (Fsp3) is 0.179. The summed E-state index contributed by atoms with van der Waals surface area (Å²) < 4.78 is 0. The van der Waals surface area contributed by atoms with Gasteiger partial charge in [-0.25, -0.2) is 0 Å². The monoisotopic (exact) mass is 720 g/mol. The van der Waals surface area contributed by atoms with Crippen molar-refractivity contribution in [3.63, 3.8) is 0 Å². The van der Waals surface area contributed by atoms with Gasteiger partial charge in [0.2, 0.25) is 0 Å². The van der Waals surface area contributed by atoms with E-state index < -0.39 is 0 Å². The molecule has 0 aromatic heterocycles. The molecule has 1 aliphatic rings. The van der Waals surface area contributed by atoms with E-state index in [1.54, 1.807) is 0 Å². The van der Waals surface area contributed by atoms with E-state index in [1.165, 1.54) is 148 Å². The lowest BCUT2D eigenvalue weighted by molar-refractivity contribution is 0.443. The summed E-state index contributed by atoms with van der Waals surface area (Å²) in [4.78, 5) is 0. The zero-order valence-corrected chi connectivity index (χ0v) is 33.0. The van der Waals surface area contributed by atoms with E-state index in [0.717, 1.165) is 0 Å². The zero-order valence-electron chi connectivity index (χ0n) is 33.0. The maximum Gasteiger partial charge on any atom is -0.00138 e. The molecule has 0 unspecified atom stereocenters. The van der Waals surface area contributed by atoms with Crippen LogP contribution in [0.25, 0.3) is 87.6 Å². The van der Waals surface area contributed by atoms with Gasteiger partial charge in [-0.05, 0) is 162 Å². The molecular weight excluding hydrogens is 673 g/mol. The van der Waals surface area contributed by atoms with Crippen molar-refractivity contribution in [1.82, 2.24) is 0 Å². The molecule has 0 radical (unpaired) electrons. The van der Waals surface area contributed by atoms with Crippen LogP contribution >= 0.6 is 0 Å². The third kappa shape index (κ3) is 5.65. The Bertz CT molecular complexity index is 2960. The quantitative estimate of drug-likeness (QED) is 0.155. The van der Waals surface area contributed by atoms with E-state index in [4.69, 9.17) is 0 Å². The Morgan fingerprint density at radius 1 is 0.321 bits per heavy atom. The molecule has 1 saturated carbocycles. The van der Waals surface area contributed by atoms with E-state index in [-0.39, 0.29) is 0 Å². The number of hydrogen-bond donors (Lipinski definition) is 0. The van der Waals surface area contributed by atoms with Gasteiger partial charge in [-0.1, -0.05) is 171 Å². The normalized spacial score (nSPS) is 13.6. The largest absolute Gasteiger partial charge is 0.0622 e. The number of rotatable bonds is 5. The van der Waals surface area contributed by atoms with Gasteiger partial charge in [0.05, 0.1) is 0 Å². The van der Waals surface area contributed by atoms with Crippen molar-refractivity contribution in [3.05, 3.63) is 179 Å². The second-order valence-electron chi connectivity index (χ2n) is 16.4. The average molecular weight is 721 g/mol. The molecule has 56 heavy (non-hydrogen) atoms. The maximum atomic E-state index is 2.48. The van der Waals surface area contributed by atoms with Crippen molar-refractivity contribution >= 4 is 43.1 Å². The molecule has 0 amide bonds. The summed E-state index contributed by atoms with van der Waals surface area (Å²) >= 11 is 0. The van der Waals surface area contributed by atoms with Crippen LogP contribution in [0.4, 0.5) is 0 Å². The summed E-state index contributed by atoms with van der Waals surface area (Å²) in [6.07, 6.45) is 6.71. The Kier molecular flexibility index (Phi) is 8.59. The van der Waals surface area contributed by atoms with Gasteiger partial charge in [0.25, 0.3) is 0 Å². The van der Waals surface area contributed by atoms with E-state index >= 15 is 0 Å². The molecule has 10 rings (SSSR count). The maximum absolute atomic E-state index is 2.48. The van der Waals surface area contributed by atoms with Crippen molar-refractivity contribution in [2.75, 3.05) is 0 Å². The van der Waals surface area contributed by atoms with Crippen LogP contribution in [-0.4, -0.2) is 0 Å². The molecule has 272 valence electrons. The first-order valence-electron chi connectivity index (χ1n) is 20.6. The minimum atomic E-state index is 0.690. The highest BCUT2D eigenvalue weighted by Crippen LogP contribution is 2.52. The third-order valence-corrected chi connectivity index (χ3v) is 13.1. The molecule has 0 bridgehead atoms. The molecule has 0 heteroatoms. The van der Waals surface area contributed by atoms with Gasteiger partial charge in [0, 0.05) is 0 Å². The van der Waals surface area contributed by atoms with Gasteiger partial charge in [-0.3, -0.25) is 0 Å². The summed E-state index contributed by atoms with van der Waals surface area (Å²) in [5.74, 6) is 0.690. The molecule has 1 fully saturated rings. The second kappa shape index (κ2) is 13.9. The van der Waals surface area contributed by atoms with E-state index in [2.05, 4.69) is 179 Å². The molecule has 9 aromatic carbocycles. The van der Waals surface area contributed by atoms with Gasteiger partial charge >= 0.3 is 0 Å². The first kappa shape index (κ1) is 34.5. The van der Waals surface area contributed by atoms with Crippen molar-refractivity contribution in [1.29, 1.82) is 0 Å². The number of hydrogen-bond acceptors (Lipinski definition) is 0. The molecule has 0 N–H and O–H groups in total. The number of aryl methyl sites for hydroxylation is 4. The first-order valence-corrected chi connectivity index (χ1v) is 20.6. The van der Waals surface area contributed by atoms with Crippen LogP contribution in [0.2, 0.25) is 0 Å². The fourth-order valence-corrected chi connectivity index (χ4v) is 9.95. The van der Waals surface area contributed by atoms with E-state index in [0.29, 0.717) is 5.92 Å². The summed E-state index contributed by atoms with van der Waals surface area (Å²) in [6.45, 7) is 9.09. The topological polar surface area (TPSA) is 0 Å². The lowest BCUT2D eigenvalue weighted by Gasteiger charge is -2.24. The first-order chi connectivity index (χ1) is 27.5. The Morgan fingerprint density at radius 3 is 1.27 bits per heavy atom. The lowest BCUT2D eigenvalue weighted by atomic mass is 9.79. The Hall–Kier alpha value is -5.98. The van der Waals surface area contributed by atoms with E-state index in [9.17, 15) is 0 Å². The Balaban J connectivity index is 1.33. The standard InChI is InChI=1S/C56H48/c1-35-31-49-51(33-37(35)3)55(47-25-15-13-23-45(47)53(49)42-29-27-40(28-30-42)39-17-7-5-8-18-39)56-48-26-16-14-24-46(48)54(50-32-36(2)38(4)34-52(50)56)44-22-12-11-21-43(44)41-19-9-6-10-20-41/h6,9-16,19-34,39H,5,7-8,17-18H2,1-4H3. The minimum Gasteiger partial charge on any atom is -0.0622 e. The third-order valence-electron chi connectivity index (χ3n) is 13.1. The van der Waals surface area contributed by atoms with Gasteiger partial charge in [-0.15, -0.1) is 0 Å². The van der Waals surface area contributed by atoms with E-state index in [1.807, 2.05) is 0 Å². The molecule has 1 aliphatic carbocycles. The SMILES string of the molecule is Cc1cc2c(-c3ccc(C4CCCCC4)cc3)c3ccccc3c(-c3c4ccccc4c(-c4ccccc4-c4ccccc4)c4cc(C)c(C)cc34)c2cc1C. The van der Waals surface area contributed by atoms with Gasteiger partial charge in [0.15, 0.2) is 0 Å². The molecule has 0 aliphatic heterocycles. The van der Waals surface area contributed by atoms with Gasteiger partial charge < -0.3 is 0 Å². The van der Waals surface area contributed by atoms with Crippen LogP contribution in [0.1, 0.15) is 65.8 Å². The Morgan fingerprint density at radius 2 is 0.732 bits per heavy atom. The van der Waals surface area contributed by atoms with Crippen LogP contribution in [-0.2, 0) is 0 Å². The van der Waals surface area contributed by atoms with Crippen molar-refractivity contribution < 1.29 is 0 Å². The summed E-state index contributed by atoms with van der Waals surface area (Å²) in [7, 11) is 0. The highest BCUT2D eigenvalue weighted by Gasteiger charge is 2.25. The summed E-state index contributed by atoms with van der Waals surface area (Å²) in [6, 6.07) is 57.8. The van der Waals surface area contributed by atoms with Gasteiger partial charge in [-0.2, -0.15) is 0 Å². The predicted octanol–water partition coefficient (Wildman–Crippen LogP) is 16.2. The van der Waals surface area contributed by atoms with Crippen LogP contribution in [0.5, 0.6) is 0 Å². The molecular formula is C56H48. The van der Waals surface area contributed by atoms with Crippen molar-refractivity contribution in [3.8, 4) is 44.5 Å². The van der Waals surface area contributed by atoms with Crippen LogP contribution in [0.3, 0.4) is 0 Å².